The van der Waals surface area contributed by atoms with Crippen LogP contribution in [0.4, 0.5) is 0 Å². The molecule has 124 valence electrons. The van der Waals surface area contributed by atoms with Gasteiger partial charge in [0, 0.05) is 10.9 Å². The molecule has 0 aliphatic rings. The third-order valence-corrected chi connectivity index (χ3v) is 4.86. The van der Waals surface area contributed by atoms with Crippen molar-refractivity contribution >= 4 is 21.6 Å². The minimum absolute atomic E-state index is 0.534. The zero-order valence-electron chi connectivity index (χ0n) is 13.9. The number of hydrogen-bond acceptors (Lipinski definition) is 5. The summed E-state index contributed by atoms with van der Waals surface area (Å²) in [5.74, 6) is 1.83. The van der Waals surface area contributed by atoms with Gasteiger partial charge in [-0.05, 0) is 24.6 Å². The fraction of sp³-hybridized carbons (Fsp3) is 0.100. The van der Waals surface area contributed by atoms with Gasteiger partial charge >= 0.3 is 0 Å². The number of nitrogens with zero attached hydrogens (tertiary/aromatic N) is 2. The van der Waals surface area contributed by atoms with Crippen LogP contribution in [-0.2, 0) is 0 Å². The van der Waals surface area contributed by atoms with E-state index in [1.807, 2.05) is 24.3 Å². The van der Waals surface area contributed by atoms with Crippen LogP contribution in [0.5, 0.6) is 17.4 Å². The maximum Gasteiger partial charge on any atom is 0.231 e. The molecular formula is C20H16N2O2S. The smallest absolute Gasteiger partial charge is 0.231 e. The number of aromatic nitrogens is 2. The van der Waals surface area contributed by atoms with E-state index in [1.54, 1.807) is 18.4 Å². The second kappa shape index (κ2) is 6.53. The lowest BCUT2D eigenvalue weighted by molar-refractivity contribution is 0.375. The summed E-state index contributed by atoms with van der Waals surface area (Å²) in [4.78, 5) is 9.66. The normalized spacial score (nSPS) is 10.8. The molecule has 2 heterocycles. The van der Waals surface area contributed by atoms with Crippen LogP contribution in [0.25, 0.3) is 21.3 Å². The Bertz CT molecular complexity index is 1030. The van der Waals surface area contributed by atoms with Crippen LogP contribution in [0.2, 0.25) is 0 Å². The predicted molar refractivity (Wildman–Crippen MR) is 101 cm³/mol. The molecule has 0 amide bonds. The summed E-state index contributed by atoms with van der Waals surface area (Å²) in [7, 11) is 1.63. The Kier molecular flexibility index (Phi) is 4.07. The average Bonchev–Trinajstić information content (AvgIpc) is 3.08. The number of thiophene rings is 1. The van der Waals surface area contributed by atoms with Crippen LogP contribution in [0, 0.1) is 6.92 Å². The molecule has 0 spiro atoms. The zero-order valence-corrected chi connectivity index (χ0v) is 14.7. The summed E-state index contributed by atoms with van der Waals surface area (Å²) < 4.78 is 11.5. The molecule has 0 unspecified atom stereocenters. The molecule has 2 aromatic carbocycles. The Labute approximate surface area is 149 Å². The van der Waals surface area contributed by atoms with Crippen molar-refractivity contribution in [1.29, 1.82) is 0 Å². The van der Waals surface area contributed by atoms with Gasteiger partial charge in [0.15, 0.2) is 11.5 Å². The third-order valence-electron chi connectivity index (χ3n) is 3.97. The molecule has 0 saturated heterocycles. The maximum absolute atomic E-state index is 6.09. The third kappa shape index (κ3) is 2.94. The summed E-state index contributed by atoms with van der Waals surface area (Å²) in [6, 6.07) is 16.0. The van der Waals surface area contributed by atoms with Crippen molar-refractivity contribution in [3.8, 4) is 28.5 Å². The van der Waals surface area contributed by atoms with E-state index in [-0.39, 0.29) is 0 Å². The first-order chi connectivity index (χ1) is 12.3. The first-order valence-electron chi connectivity index (χ1n) is 7.86. The van der Waals surface area contributed by atoms with E-state index in [0.29, 0.717) is 17.4 Å². The number of benzene rings is 2. The molecule has 0 fully saturated rings. The summed E-state index contributed by atoms with van der Waals surface area (Å²) in [6.45, 7) is 2.08. The predicted octanol–water partition coefficient (Wildman–Crippen LogP) is 5.47. The fourth-order valence-electron chi connectivity index (χ4n) is 2.68. The van der Waals surface area contributed by atoms with Gasteiger partial charge in [0.2, 0.25) is 5.88 Å². The van der Waals surface area contributed by atoms with Crippen LogP contribution in [0.1, 0.15) is 5.56 Å². The van der Waals surface area contributed by atoms with Crippen LogP contribution >= 0.6 is 11.3 Å². The Morgan fingerprint density at radius 2 is 1.68 bits per heavy atom. The van der Waals surface area contributed by atoms with Gasteiger partial charge in [0.25, 0.3) is 0 Å². The highest BCUT2D eigenvalue weighted by atomic mass is 32.1. The molecule has 4 rings (SSSR count). The monoisotopic (exact) mass is 348 g/mol. The maximum atomic E-state index is 6.09. The number of ether oxygens (including phenoxy) is 2. The molecule has 4 nitrogen and oxygen atoms in total. The molecule has 0 aliphatic heterocycles. The van der Waals surface area contributed by atoms with Crippen molar-refractivity contribution in [2.45, 2.75) is 6.92 Å². The van der Waals surface area contributed by atoms with Crippen molar-refractivity contribution in [1.82, 2.24) is 9.97 Å². The molecule has 0 radical (unpaired) electrons. The number of aryl methyl sites for hydroxylation is 1. The average molecular weight is 348 g/mol. The second-order valence-corrected chi connectivity index (χ2v) is 6.49. The van der Waals surface area contributed by atoms with Crippen LogP contribution < -0.4 is 9.47 Å². The summed E-state index contributed by atoms with van der Waals surface area (Å²) in [6.07, 6.45) is 1.53. The highest BCUT2D eigenvalue weighted by Crippen LogP contribution is 2.40. The molecule has 2 aromatic heterocycles. The first-order valence-corrected chi connectivity index (χ1v) is 8.74. The van der Waals surface area contributed by atoms with E-state index in [2.05, 4.69) is 46.5 Å². The van der Waals surface area contributed by atoms with E-state index in [4.69, 9.17) is 9.47 Å². The van der Waals surface area contributed by atoms with Gasteiger partial charge in [-0.25, -0.2) is 9.97 Å². The Hall–Kier alpha value is -2.92. The summed E-state index contributed by atoms with van der Waals surface area (Å²) in [5, 5.41) is 3.02. The van der Waals surface area contributed by atoms with Crippen molar-refractivity contribution in [3.05, 3.63) is 65.8 Å². The van der Waals surface area contributed by atoms with E-state index in [9.17, 15) is 0 Å². The van der Waals surface area contributed by atoms with Crippen LogP contribution in [-0.4, -0.2) is 17.1 Å². The van der Waals surface area contributed by atoms with Crippen molar-refractivity contribution < 1.29 is 9.47 Å². The van der Waals surface area contributed by atoms with Gasteiger partial charge in [0.1, 0.15) is 11.2 Å². The number of fused-ring (bicyclic) bond motifs is 1. The Morgan fingerprint density at radius 3 is 2.44 bits per heavy atom. The SMILES string of the molecule is COc1ccccc1Oc1ncnc2scc(-c3ccc(C)cc3)c12. The molecule has 25 heavy (non-hydrogen) atoms. The van der Waals surface area contributed by atoms with Crippen LogP contribution in [0.15, 0.2) is 60.2 Å². The highest BCUT2D eigenvalue weighted by Gasteiger charge is 2.16. The minimum atomic E-state index is 0.534. The lowest BCUT2D eigenvalue weighted by atomic mass is 10.0. The topological polar surface area (TPSA) is 44.2 Å². The second-order valence-electron chi connectivity index (χ2n) is 5.63. The number of para-hydroxylation sites is 2. The zero-order chi connectivity index (χ0) is 17.2. The Morgan fingerprint density at radius 1 is 0.920 bits per heavy atom. The molecule has 4 aromatic rings. The van der Waals surface area contributed by atoms with Gasteiger partial charge < -0.3 is 9.47 Å². The van der Waals surface area contributed by atoms with E-state index in [1.165, 1.54) is 11.9 Å². The van der Waals surface area contributed by atoms with Crippen molar-refractivity contribution in [3.63, 3.8) is 0 Å². The molecule has 0 bridgehead atoms. The van der Waals surface area contributed by atoms with E-state index < -0.39 is 0 Å². The van der Waals surface area contributed by atoms with Gasteiger partial charge in [-0.2, -0.15) is 0 Å². The van der Waals surface area contributed by atoms with E-state index >= 15 is 0 Å². The van der Waals surface area contributed by atoms with Gasteiger partial charge in [0.05, 0.1) is 12.5 Å². The van der Waals surface area contributed by atoms with Crippen molar-refractivity contribution in [2.24, 2.45) is 0 Å². The lowest BCUT2D eigenvalue weighted by Crippen LogP contribution is -1.93. The highest BCUT2D eigenvalue weighted by molar-refractivity contribution is 7.17. The van der Waals surface area contributed by atoms with Gasteiger partial charge in [-0.1, -0.05) is 42.0 Å². The van der Waals surface area contributed by atoms with Gasteiger partial charge in [-0.15, -0.1) is 11.3 Å². The summed E-state index contributed by atoms with van der Waals surface area (Å²) in [5.41, 5.74) is 3.42. The molecular weight excluding hydrogens is 332 g/mol. The molecule has 0 N–H and O–H groups in total. The standard InChI is InChI=1S/C20H16N2O2S/c1-13-7-9-14(10-8-13)15-11-25-20-18(15)19(21-12-22-20)24-17-6-4-3-5-16(17)23-2/h3-12H,1-2H3. The summed E-state index contributed by atoms with van der Waals surface area (Å²) >= 11 is 1.59. The minimum Gasteiger partial charge on any atom is -0.493 e. The largest absolute Gasteiger partial charge is 0.493 e. The molecule has 5 heteroatoms. The molecule has 0 aliphatic carbocycles. The van der Waals surface area contributed by atoms with Crippen molar-refractivity contribution in [2.75, 3.05) is 7.11 Å². The number of hydrogen-bond donors (Lipinski definition) is 0. The lowest BCUT2D eigenvalue weighted by Gasteiger charge is -2.10. The quantitative estimate of drug-likeness (QED) is 0.491. The fourth-order valence-corrected chi connectivity index (χ4v) is 3.58. The molecule has 0 atom stereocenters. The number of methoxy groups -OCH3 is 1. The first kappa shape index (κ1) is 15.6. The molecule has 0 saturated carbocycles. The van der Waals surface area contributed by atoms with Crippen LogP contribution in [0.3, 0.4) is 0 Å². The Balaban J connectivity index is 1.84. The number of rotatable bonds is 4. The van der Waals surface area contributed by atoms with E-state index in [0.717, 1.165) is 21.3 Å². The van der Waals surface area contributed by atoms with Gasteiger partial charge in [-0.3, -0.25) is 0 Å².